The molecule has 0 aliphatic heterocycles. The predicted molar refractivity (Wildman–Crippen MR) is 160 cm³/mol. The highest BCUT2D eigenvalue weighted by molar-refractivity contribution is 5.85. The summed E-state index contributed by atoms with van der Waals surface area (Å²) < 4.78 is 0. The van der Waals surface area contributed by atoms with Gasteiger partial charge in [-0.15, -0.1) is 0 Å². The Balaban J connectivity index is 0.000000108. The van der Waals surface area contributed by atoms with Crippen LogP contribution in [-0.4, -0.2) is 17.3 Å². The fourth-order valence-corrected chi connectivity index (χ4v) is 13.7. The molecule has 0 spiro atoms. The van der Waals surface area contributed by atoms with Gasteiger partial charge in [0.25, 0.3) is 0 Å². The monoisotopic (exact) mass is 550 g/mol. The molecule has 15 atom stereocenters. The zero-order valence-corrected chi connectivity index (χ0v) is 25.0. The number of rotatable bonds is 3. The van der Waals surface area contributed by atoms with Gasteiger partial charge in [-0.3, -0.25) is 9.59 Å². The minimum atomic E-state index is 0. The smallest absolute Gasteiger partial charge is 0.136 e. The molecule has 0 amide bonds. The summed E-state index contributed by atoms with van der Waals surface area (Å²) in [6, 6.07) is 0. The number of fused-ring (bicyclic) bond motifs is 15. The van der Waals surface area contributed by atoms with Crippen molar-refractivity contribution in [1.29, 1.82) is 0 Å². The van der Waals surface area contributed by atoms with Crippen molar-refractivity contribution in [3.63, 3.8) is 0 Å². The van der Waals surface area contributed by atoms with Crippen LogP contribution in [0.3, 0.4) is 0 Å². The summed E-state index contributed by atoms with van der Waals surface area (Å²) in [6.07, 6.45) is 20.2. The molecule has 6 bridgehead atoms. The fourth-order valence-electron chi connectivity index (χ4n) is 13.7. The first-order valence-electron chi connectivity index (χ1n) is 17.3. The second-order valence-corrected chi connectivity index (χ2v) is 16.2. The summed E-state index contributed by atoms with van der Waals surface area (Å²) in [7, 11) is 0. The van der Waals surface area contributed by atoms with Crippen LogP contribution in [0.1, 0.15) is 125 Å². The molecule has 3 heteroatoms. The van der Waals surface area contributed by atoms with Crippen molar-refractivity contribution in [1.82, 2.24) is 0 Å². The van der Waals surface area contributed by atoms with E-state index in [-0.39, 0.29) is 7.43 Å². The van der Waals surface area contributed by atoms with E-state index in [0.717, 1.165) is 83.9 Å². The van der Waals surface area contributed by atoms with Gasteiger partial charge >= 0.3 is 0 Å². The molecule has 9 fully saturated rings. The van der Waals surface area contributed by atoms with Crippen LogP contribution in [0.5, 0.6) is 0 Å². The molecular formula is C37H58O3. The normalized spacial score (nSPS) is 51.4. The molecule has 0 radical (unpaired) electrons. The van der Waals surface area contributed by atoms with E-state index in [4.69, 9.17) is 0 Å². The van der Waals surface area contributed by atoms with E-state index < -0.39 is 0 Å². The van der Waals surface area contributed by atoms with Crippen molar-refractivity contribution in [2.24, 2.45) is 88.8 Å². The Hall–Kier alpha value is -0.990. The van der Waals surface area contributed by atoms with Crippen LogP contribution in [0.15, 0.2) is 0 Å². The SMILES string of the molecule is C.CC(=O)C1C(C)C2CC1C1CCCC21.CC(=O)CC1CC2CC1C1CCCC21.O=C1CC2CC1C1CCCC21. The van der Waals surface area contributed by atoms with Gasteiger partial charge in [-0.25, -0.2) is 0 Å². The lowest BCUT2D eigenvalue weighted by molar-refractivity contribution is -0.125. The van der Waals surface area contributed by atoms with Crippen LogP contribution in [0.4, 0.5) is 0 Å². The molecule has 15 unspecified atom stereocenters. The van der Waals surface area contributed by atoms with Crippen LogP contribution in [0.25, 0.3) is 0 Å². The van der Waals surface area contributed by atoms with Crippen molar-refractivity contribution in [3.8, 4) is 0 Å². The number of Topliss-reactive ketones (excluding diaryl/α,β-unsaturated/α-hetero) is 3. The molecule has 40 heavy (non-hydrogen) atoms. The van der Waals surface area contributed by atoms with Crippen LogP contribution >= 0.6 is 0 Å². The summed E-state index contributed by atoms with van der Waals surface area (Å²) in [6.45, 7) is 5.90. The van der Waals surface area contributed by atoms with E-state index >= 15 is 0 Å². The molecule has 9 aliphatic rings. The lowest BCUT2D eigenvalue weighted by Gasteiger charge is -2.35. The van der Waals surface area contributed by atoms with Gasteiger partial charge in [0.2, 0.25) is 0 Å². The van der Waals surface area contributed by atoms with Gasteiger partial charge in [-0.05, 0) is 155 Å². The first-order chi connectivity index (χ1) is 18.8. The van der Waals surface area contributed by atoms with E-state index in [1.807, 2.05) is 6.92 Å². The largest absolute Gasteiger partial charge is 0.300 e. The fraction of sp³-hybridized carbons (Fsp3) is 0.919. The molecule has 0 N–H and O–H groups in total. The standard InChI is InChI=1S/2C13H20O.C10H14O.CH4/c1-7-11-6-12(13(7)8(2)14)10-5-3-4-9(10)11;1-8(14)5-9-6-10-7-13(9)12-4-2-3-11(10)12;11-10-5-6-4-9(10)8-3-1-2-7(6)8;/h7,9-13H,3-6H2,1-2H3;9-13H,2-7H2,1H3;6-9H,1-5H2;1H4. The predicted octanol–water partition coefficient (Wildman–Crippen LogP) is 8.58. The third-order valence-electron chi connectivity index (χ3n) is 14.7. The van der Waals surface area contributed by atoms with E-state index in [9.17, 15) is 14.4 Å². The molecule has 0 saturated heterocycles. The molecular weight excluding hydrogens is 492 g/mol. The number of ketones is 3. The van der Waals surface area contributed by atoms with Gasteiger partial charge in [0.15, 0.2) is 0 Å². The van der Waals surface area contributed by atoms with Crippen molar-refractivity contribution < 1.29 is 14.4 Å². The maximum absolute atomic E-state index is 11.6. The highest BCUT2D eigenvalue weighted by atomic mass is 16.1. The Bertz CT molecular complexity index is 980. The number of hydrogen-bond acceptors (Lipinski definition) is 3. The molecule has 0 aromatic heterocycles. The van der Waals surface area contributed by atoms with Crippen molar-refractivity contribution >= 4 is 17.3 Å². The summed E-state index contributed by atoms with van der Waals surface area (Å²) in [5.74, 6) is 14.2. The molecule has 0 heterocycles. The lowest BCUT2D eigenvalue weighted by Crippen LogP contribution is -2.34. The average molecular weight is 551 g/mol. The second kappa shape index (κ2) is 11.3. The van der Waals surface area contributed by atoms with E-state index in [1.165, 1.54) is 83.5 Å². The van der Waals surface area contributed by atoms with Gasteiger partial charge < -0.3 is 4.79 Å². The van der Waals surface area contributed by atoms with Crippen LogP contribution in [0, 0.1) is 88.8 Å². The van der Waals surface area contributed by atoms with Gasteiger partial charge in [0.1, 0.15) is 17.3 Å². The Kier molecular flexibility index (Phi) is 8.19. The topological polar surface area (TPSA) is 51.2 Å². The van der Waals surface area contributed by atoms with Gasteiger partial charge in [0, 0.05) is 24.7 Å². The van der Waals surface area contributed by atoms with Crippen LogP contribution in [-0.2, 0) is 14.4 Å². The Morgan fingerprint density at radius 2 is 1.23 bits per heavy atom. The number of carbonyl (C=O) groups excluding carboxylic acids is 3. The third-order valence-corrected chi connectivity index (χ3v) is 14.7. The Labute approximate surface area is 244 Å². The minimum Gasteiger partial charge on any atom is -0.300 e. The van der Waals surface area contributed by atoms with Crippen LogP contribution in [0.2, 0.25) is 0 Å². The lowest BCUT2D eigenvalue weighted by atomic mass is 9.69. The summed E-state index contributed by atoms with van der Waals surface area (Å²) in [5.41, 5.74) is 0. The summed E-state index contributed by atoms with van der Waals surface area (Å²) in [5, 5.41) is 0. The second-order valence-electron chi connectivity index (χ2n) is 16.2. The molecule has 0 aromatic carbocycles. The molecule has 9 rings (SSSR count). The van der Waals surface area contributed by atoms with E-state index in [0.29, 0.717) is 35.1 Å². The van der Waals surface area contributed by atoms with Crippen molar-refractivity contribution in [2.75, 3.05) is 0 Å². The zero-order valence-electron chi connectivity index (χ0n) is 25.0. The first kappa shape index (κ1) is 29.1. The molecule has 224 valence electrons. The van der Waals surface area contributed by atoms with E-state index in [2.05, 4.69) is 6.92 Å². The third kappa shape index (κ3) is 4.70. The Morgan fingerprint density at radius 3 is 1.88 bits per heavy atom. The maximum atomic E-state index is 11.6. The molecule has 9 saturated carbocycles. The quantitative estimate of drug-likeness (QED) is 0.354. The van der Waals surface area contributed by atoms with Gasteiger partial charge in [-0.1, -0.05) is 33.6 Å². The zero-order chi connectivity index (χ0) is 27.0. The van der Waals surface area contributed by atoms with E-state index in [1.54, 1.807) is 6.92 Å². The maximum Gasteiger partial charge on any atom is 0.136 e. The average Bonchev–Trinajstić information content (AvgIpc) is 3.68. The van der Waals surface area contributed by atoms with Crippen LogP contribution < -0.4 is 0 Å². The minimum absolute atomic E-state index is 0. The Morgan fingerprint density at radius 1 is 0.650 bits per heavy atom. The van der Waals surface area contributed by atoms with Gasteiger partial charge in [0.05, 0.1) is 0 Å². The summed E-state index contributed by atoms with van der Waals surface area (Å²) >= 11 is 0. The van der Waals surface area contributed by atoms with Crippen molar-refractivity contribution in [2.45, 2.75) is 125 Å². The van der Waals surface area contributed by atoms with Gasteiger partial charge in [-0.2, -0.15) is 0 Å². The highest BCUT2D eigenvalue weighted by Gasteiger charge is 2.58. The molecule has 3 nitrogen and oxygen atoms in total. The number of hydrogen-bond donors (Lipinski definition) is 0. The molecule has 0 aromatic rings. The summed E-state index contributed by atoms with van der Waals surface area (Å²) in [4.78, 5) is 34.2. The van der Waals surface area contributed by atoms with Crippen molar-refractivity contribution in [3.05, 3.63) is 0 Å². The number of carbonyl (C=O) groups is 3. The first-order valence-corrected chi connectivity index (χ1v) is 17.3. The molecule has 9 aliphatic carbocycles. The highest BCUT2D eigenvalue weighted by Crippen LogP contribution is 2.64.